The van der Waals surface area contributed by atoms with Crippen molar-refractivity contribution in [2.75, 3.05) is 27.2 Å². The van der Waals surface area contributed by atoms with E-state index in [9.17, 15) is 0 Å². The lowest BCUT2D eigenvalue weighted by Gasteiger charge is -2.30. The number of nitrogens with zero attached hydrogens (tertiary/aromatic N) is 1. The highest BCUT2D eigenvalue weighted by Crippen LogP contribution is 2.15. The summed E-state index contributed by atoms with van der Waals surface area (Å²) < 4.78 is 1.25. The maximum absolute atomic E-state index is 2.46. The summed E-state index contributed by atoms with van der Waals surface area (Å²) in [6.07, 6.45) is 39.4. The van der Waals surface area contributed by atoms with Gasteiger partial charge in [-0.3, -0.25) is 0 Å². The molecule has 0 radical (unpaired) electrons. The van der Waals surface area contributed by atoms with Crippen LogP contribution in [0, 0.1) is 0 Å². The summed E-state index contributed by atoms with van der Waals surface area (Å²) in [4.78, 5) is 0. The number of hydrogen-bond donors (Lipinski definition) is 0. The second-order valence-corrected chi connectivity index (χ2v) is 12.2. The first-order valence-electron chi connectivity index (χ1n) is 16.4. The molecule has 0 aromatic heterocycles. The Morgan fingerprint density at radius 2 is 0.457 bits per heavy atom. The molecular weight excluding hydrogens is 446 g/mol. The van der Waals surface area contributed by atoms with Crippen LogP contribution in [0.2, 0.25) is 0 Å². The molecule has 0 saturated heterocycles. The van der Waals surface area contributed by atoms with Gasteiger partial charge in [-0.2, -0.15) is 0 Å². The quantitative estimate of drug-likeness (QED) is 0.0690. The van der Waals surface area contributed by atoms with Crippen LogP contribution in [0.4, 0.5) is 0 Å². The van der Waals surface area contributed by atoms with E-state index in [2.05, 4.69) is 27.9 Å². The van der Waals surface area contributed by atoms with Gasteiger partial charge in [-0.1, -0.05) is 162 Å². The van der Waals surface area contributed by atoms with Crippen molar-refractivity contribution in [2.45, 2.75) is 187 Å². The maximum Gasteiger partial charge on any atom is 0.0782 e. The van der Waals surface area contributed by atoms with Crippen molar-refractivity contribution < 1.29 is 16.9 Å². The summed E-state index contributed by atoms with van der Waals surface area (Å²) in [5, 5.41) is 0. The van der Waals surface area contributed by atoms with Crippen molar-refractivity contribution in [2.24, 2.45) is 0 Å². The van der Waals surface area contributed by atoms with Crippen LogP contribution in [0.1, 0.15) is 187 Å². The topological polar surface area (TPSA) is 0 Å². The molecule has 0 N–H and O–H groups in total. The van der Waals surface area contributed by atoms with Crippen LogP contribution in [0.5, 0.6) is 0 Å². The van der Waals surface area contributed by atoms with E-state index in [-0.39, 0.29) is 12.4 Å². The lowest BCUT2D eigenvalue weighted by Crippen LogP contribution is -3.00. The van der Waals surface area contributed by atoms with Crippen molar-refractivity contribution in [3.05, 3.63) is 0 Å². The van der Waals surface area contributed by atoms with Gasteiger partial charge in [-0.05, 0) is 25.7 Å². The molecule has 0 amide bonds. The third-order valence-electron chi connectivity index (χ3n) is 7.98. The first-order chi connectivity index (χ1) is 16.6. The van der Waals surface area contributed by atoms with E-state index in [1.807, 2.05) is 0 Å². The number of hydrogen-bond acceptors (Lipinski definition) is 0. The van der Waals surface area contributed by atoms with Crippen LogP contribution in [0.15, 0.2) is 0 Å². The van der Waals surface area contributed by atoms with Gasteiger partial charge in [-0.15, -0.1) is 0 Å². The fourth-order valence-corrected chi connectivity index (χ4v) is 5.40. The van der Waals surface area contributed by atoms with E-state index in [0.29, 0.717) is 0 Å². The summed E-state index contributed by atoms with van der Waals surface area (Å²) >= 11 is 0. The second-order valence-electron chi connectivity index (χ2n) is 12.2. The predicted molar refractivity (Wildman–Crippen MR) is 158 cm³/mol. The molecule has 2 heteroatoms. The minimum atomic E-state index is 0. The van der Waals surface area contributed by atoms with Gasteiger partial charge >= 0.3 is 0 Å². The Morgan fingerprint density at radius 3 is 0.657 bits per heavy atom. The van der Waals surface area contributed by atoms with Crippen molar-refractivity contribution >= 4 is 0 Å². The summed E-state index contributed by atoms with van der Waals surface area (Å²) in [5.41, 5.74) is 0. The van der Waals surface area contributed by atoms with Gasteiger partial charge in [0, 0.05) is 0 Å². The van der Waals surface area contributed by atoms with E-state index in [4.69, 9.17) is 0 Å². The molecule has 0 rings (SSSR count). The Kier molecular flexibility index (Phi) is 32.6. The molecule has 0 aromatic carbocycles. The zero-order valence-electron chi connectivity index (χ0n) is 25.3. The van der Waals surface area contributed by atoms with E-state index in [1.54, 1.807) is 0 Å². The van der Waals surface area contributed by atoms with Gasteiger partial charge in [0.25, 0.3) is 0 Å². The summed E-state index contributed by atoms with van der Waals surface area (Å²) in [5.74, 6) is 0. The minimum absolute atomic E-state index is 0. The van der Waals surface area contributed by atoms with E-state index < -0.39 is 0 Å². The summed E-state index contributed by atoms with van der Waals surface area (Å²) in [6, 6.07) is 0. The maximum atomic E-state index is 2.46. The average molecular weight is 516 g/mol. The first-order valence-corrected chi connectivity index (χ1v) is 16.4. The van der Waals surface area contributed by atoms with Gasteiger partial charge in [0.1, 0.15) is 0 Å². The smallest absolute Gasteiger partial charge is 0.0782 e. The molecule has 0 aromatic rings. The highest BCUT2D eigenvalue weighted by atomic mass is 35.5. The lowest BCUT2D eigenvalue weighted by atomic mass is 10.0. The molecule has 0 aliphatic carbocycles. The van der Waals surface area contributed by atoms with Gasteiger partial charge in [0.2, 0.25) is 0 Å². The number of rotatable bonds is 29. The third kappa shape index (κ3) is 32.2. The highest BCUT2D eigenvalue weighted by molar-refractivity contribution is 4.51. The zero-order valence-corrected chi connectivity index (χ0v) is 26.1. The van der Waals surface area contributed by atoms with Gasteiger partial charge in [0.05, 0.1) is 27.2 Å². The molecule has 0 fully saturated rings. The van der Waals surface area contributed by atoms with Gasteiger partial charge in [-0.25, -0.2) is 0 Å². The molecule has 35 heavy (non-hydrogen) atoms. The Hall–Kier alpha value is 0.250. The SMILES string of the molecule is CCCCCCCCCCCCCCCC[N+](C)(C)CCCCCCCCCCCCCCC.[Cl-]. The second kappa shape index (κ2) is 30.5. The van der Waals surface area contributed by atoms with Crippen LogP contribution >= 0.6 is 0 Å². The zero-order chi connectivity index (χ0) is 25.0. The number of quaternary nitrogens is 1. The highest BCUT2D eigenvalue weighted by Gasteiger charge is 2.13. The van der Waals surface area contributed by atoms with Crippen LogP contribution in [0.25, 0.3) is 0 Å². The Morgan fingerprint density at radius 1 is 0.286 bits per heavy atom. The fourth-order valence-electron chi connectivity index (χ4n) is 5.40. The van der Waals surface area contributed by atoms with Crippen LogP contribution < -0.4 is 12.4 Å². The largest absolute Gasteiger partial charge is 1.00 e. The fraction of sp³-hybridized carbons (Fsp3) is 1.00. The molecule has 0 unspecified atom stereocenters. The van der Waals surface area contributed by atoms with E-state index >= 15 is 0 Å². The van der Waals surface area contributed by atoms with Crippen molar-refractivity contribution in [1.29, 1.82) is 0 Å². The Bertz CT molecular complexity index is 368. The molecule has 0 bridgehead atoms. The minimum Gasteiger partial charge on any atom is -1.00 e. The number of unbranched alkanes of at least 4 members (excludes halogenated alkanes) is 25. The average Bonchev–Trinajstić information content (AvgIpc) is 2.82. The van der Waals surface area contributed by atoms with E-state index in [1.165, 1.54) is 191 Å². The normalized spacial score (nSPS) is 11.7. The van der Waals surface area contributed by atoms with Crippen LogP contribution in [0.3, 0.4) is 0 Å². The van der Waals surface area contributed by atoms with E-state index in [0.717, 1.165) is 0 Å². The standard InChI is InChI=1S/C33H70N.ClH/c1-5-7-9-11-13-15-17-19-21-23-25-27-29-31-33-34(3,4)32-30-28-26-24-22-20-18-16-14-12-10-8-6-2;/h5-33H2,1-4H3;1H/q+1;/p-1. The third-order valence-corrected chi connectivity index (χ3v) is 7.98. The monoisotopic (exact) mass is 516 g/mol. The van der Waals surface area contributed by atoms with Gasteiger partial charge in [0.15, 0.2) is 0 Å². The van der Waals surface area contributed by atoms with Gasteiger partial charge < -0.3 is 16.9 Å². The van der Waals surface area contributed by atoms with Crippen molar-refractivity contribution in [3.8, 4) is 0 Å². The predicted octanol–water partition coefficient (Wildman–Crippen LogP) is 8.64. The molecule has 0 heterocycles. The summed E-state index contributed by atoms with van der Waals surface area (Å²) in [6.45, 7) is 7.38. The first kappa shape index (κ1) is 37.4. The number of halogens is 1. The van der Waals surface area contributed by atoms with Crippen LogP contribution in [-0.2, 0) is 0 Å². The van der Waals surface area contributed by atoms with Crippen molar-refractivity contribution in [3.63, 3.8) is 0 Å². The molecule has 1 nitrogen and oxygen atoms in total. The summed E-state index contributed by atoms with van der Waals surface area (Å²) in [7, 11) is 4.92. The molecule has 0 saturated carbocycles. The van der Waals surface area contributed by atoms with Crippen LogP contribution in [-0.4, -0.2) is 31.7 Å². The molecule has 0 aliphatic heterocycles. The Balaban J connectivity index is 0. The Labute approximate surface area is 231 Å². The molecule has 214 valence electrons. The lowest BCUT2D eigenvalue weighted by molar-refractivity contribution is -0.890. The molecule has 0 atom stereocenters. The van der Waals surface area contributed by atoms with Crippen molar-refractivity contribution in [1.82, 2.24) is 0 Å². The molecule has 0 spiro atoms. The molecule has 0 aliphatic rings. The molecular formula is C33H70ClN.